The van der Waals surface area contributed by atoms with Crippen LogP contribution in [0.4, 0.5) is 0 Å². The van der Waals surface area contributed by atoms with E-state index >= 15 is 0 Å². The Morgan fingerprint density at radius 1 is 0.571 bits per heavy atom. The first-order chi connectivity index (χ1) is 13.4. The zero-order valence-electron chi connectivity index (χ0n) is 17.9. The monoisotopic (exact) mass is 366 g/mol. The van der Waals surface area contributed by atoms with Gasteiger partial charge >= 0.3 is 0 Å². The molecule has 0 nitrogen and oxygen atoms in total. The summed E-state index contributed by atoms with van der Waals surface area (Å²) in [6, 6.07) is 22.3. The smallest absolute Gasteiger partial charge is 0.0151 e. The molecule has 142 valence electrons. The highest BCUT2D eigenvalue weighted by atomic mass is 14.2. The van der Waals surface area contributed by atoms with Crippen molar-refractivity contribution in [1.29, 1.82) is 0 Å². The summed E-state index contributed by atoms with van der Waals surface area (Å²) >= 11 is 0. The van der Waals surface area contributed by atoms with Crippen LogP contribution in [-0.2, 0) is 0 Å². The normalized spacial score (nSPS) is 12.4. The molecule has 0 aliphatic rings. The molecule has 0 radical (unpaired) electrons. The van der Waals surface area contributed by atoms with Gasteiger partial charge in [0.2, 0.25) is 0 Å². The van der Waals surface area contributed by atoms with E-state index in [0.717, 1.165) is 0 Å². The van der Waals surface area contributed by atoms with Gasteiger partial charge in [0, 0.05) is 0 Å². The lowest BCUT2D eigenvalue weighted by molar-refractivity contribution is 1.34. The topological polar surface area (TPSA) is 0 Å². The molecule has 28 heavy (non-hydrogen) atoms. The maximum atomic E-state index is 2.32. The van der Waals surface area contributed by atoms with E-state index < -0.39 is 0 Å². The van der Waals surface area contributed by atoms with E-state index in [2.05, 4.69) is 114 Å². The summed E-state index contributed by atoms with van der Waals surface area (Å²) < 4.78 is 0. The second-order valence-electron chi connectivity index (χ2n) is 7.62. The Hall–Kier alpha value is -2.86. The Bertz CT molecular complexity index is 978. The van der Waals surface area contributed by atoms with Crippen molar-refractivity contribution in [1.82, 2.24) is 0 Å². The largest absolute Gasteiger partial charge is 0.0792 e. The van der Waals surface area contributed by atoms with Gasteiger partial charge in [-0.2, -0.15) is 0 Å². The third-order valence-electron chi connectivity index (χ3n) is 5.41. The summed E-state index contributed by atoms with van der Waals surface area (Å²) in [7, 11) is 0. The van der Waals surface area contributed by atoms with Gasteiger partial charge < -0.3 is 0 Å². The molecule has 0 heteroatoms. The van der Waals surface area contributed by atoms with Crippen molar-refractivity contribution in [3.63, 3.8) is 0 Å². The van der Waals surface area contributed by atoms with Gasteiger partial charge in [0.15, 0.2) is 0 Å². The predicted octanol–water partition coefficient (Wildman–Crippen LogP) is 7.82. The average molecular weight is 367 g/mol. The summed E-state index contributed by atoms with van der Waals surface area (Å²) in [4.78, 5) is 0. The molecule has 0 bridgehead atoms. The Morgan fingerprint density at radius 2 is 1.00 bits per heavy atom. The van der Waals surface area contributed by atoms with Crippen LogP contribution in [0.1, 0.15) is 58.4 Å². The van der Waals surface area contributed by atoms with Crippen molar-refractivity contribution in [2.75, 3.05) is 0 Å². The zero-order chi connectivity index (χ0) is 20.3. The third kappa shape index (κ3) is 4.02. The van der Waals surface area contributed by atoms with Crippen LogP contribution < -0.4 is 0 Å². The van der Waals surface area contributed by atoms with Crippen LogP contribution in [0.3, 0.4) is 0 Å². The van der Waals surface area contributed by atoms with Crippen LogP contribution in [0.15, 0.2) is 72.8 Å². The Kier molecular flexibility index (Phi) is 5.99. The summed E-state index contributed by atoms with van der Waals surface area (Å²) in [5.74, 6) is 0. The fraction of sp³-hybridized carbons (Fsp3) is 0.214. The molecule has 0 fully saturated rings. The van der Waals surface area contributed by atoms with Crippen LogP contribution in [-0.4, -0.2) is 0 Å². The fourth-order valence-electron chi connectivity index (χ4n) is 4.04. The van der Waals surface area contributed by atoms with Crippen molar-refractivity contribution in [3.05, 3.63) is 117 Å². The number of allylic oxidation sites excluding steroid dienone is 2. The number of benzene rings is 3. The Morgan fingerprint density at radius 3 is 1.36 bits per heavy atom. The molecule has 0 N–H and O–H groups in total. The van der Waals surface area contributed by atoms with E-state index in [4.69, 9.17) is 0 Å². The highest BCUT2D eigenvalue weighted by molar-refractivity contribution is 5.86. The second-order valence-corrected chi connectivity index (χ2v) is 7.62. The van der Waals surface area contributed by atoms with Crippen molar-refractivity contribution >= 4 is 11.1 Å². The van der Waals surface area contributed by atoms with E-state index in [1.807, 2.05) is 0 Å². The second kappa shape index (κ2) is 8.44. The molecule has 3 aromatic carbocycles. The zero-order valence-corrected chi connectivity index (χ0v) is 17.9. The number of rotatable bonds is 4. The molecule has 3 aromatic rings. The molecule has 0 saturated carbocycles. The summed E-state index contributed by atoms with van der Waals surface area (Å²) in [5, 5.41) is 0. The first-order valence-electron chi connectivity index (χ1n) is 10.0. The van der Waals surface area contributed by atoms with Crippen molar-refractivity contribution in [2.45, 2.75) is 41.5 Å². The molecule has 0 atom stereocenters. The molecule has 0 amide bonds. The minimum atomic E-state index is 1.26. The minimum absolute atomic E-state index is 1.26. The Balaban J connectivity index is 2.08. The van der Waals surface area contributed by atoms with Crippen molar-refractivity contribution in [3.8, 4) is 0 Å². The molecular formula is C28H30. The number of aryl methyl sites for hydroxylation is 4. The van der Waals surface area contributed by atoms with Gasteiger partial charge in [0.25, 0.3) is 0 Å². The molecule has 0 spiro atoms. The fourth-order valence-corrected chi connectivity index (χ4v) is 4.04. The van der Waals surface area contributed by atoms with E-state index in [1.165, 1.54) is 55.7 Å². The summed E-state index contributed by atoms with van der Waals surface area (Å²) in [5.41, 5.74) is 12.9. The predicted molar refractivity (Wildman–Crippen MR) is 124 cm³/mol. The molecule has 0 saturated heterocycles. The SMILES string of the molecule is C/C=C(/c1cccc(/C(=C\C)c2ccc(C)cc2C)c1)c1ccc(C)cc1C. The van der Waals surface area contributed by atoms with Gasteiger partial charge in [-0.25, -0.2) is 0 Å². The van der Waals surface area contributed by atoms with Crippen molar-refractivity contribution in [2.24, 2.45) is 0 Å². The highest BCUT2D eigenvalue weighted by Gasteiger charge is 2.11. The Labute approximate surface area is 170 Å². The van der Waals surface area contributed by atoms with Gasteiger partial charge in [-0.05, 0) is 92.1 Å². The van der Waals surface area contributed by atoms with Gasteiger partial charge in [0.1, 0.15) is 0 Å². The van der Waals surface area contributed by atoms with Gasteiger partial charge in [0.05, 0.1) is 0 Å². The summed E-state index contributed by atoms with van der Waals surface area (Å²) in [6.45, 7) is 12.9. The van der Waals surface area contributed by atoms with Gasteiger partial charge in [-0.15, -0.1) is 0 Å². The molecule has 3 rings (SSSR count). The van der Waals surface area contributed by atoms with Crippen LogP contribution in [0.2, 0.25) is 0 Å². The van der Waals surface area contributed by atoms with Crippen LogP contribution >= 0.6 is 0 Å². The third-order valence-corrected chi connectivity index (χ3v) is 5.41. The van der Waals surface area contributed by atoms with E-state index in [9.17, 15) is 0 Å². The minimum Gasteiger partial charge on any atom is -0.0792 e. The van der Waals surface area contributed by atoms with Gasteiger partial charge in [-0.1, -0.05) is 77.9 Å². The average Bonchev–Trinajstić information content (AvgIpc) is 2.67. The van der Waals surface area contributed by atoms with E-state index in [-0.39, 0.29) is 0 Å². The molecule has 0 aliphatic heterocycles. The lowest BCUT2D eigenvalue weighted by Crippen LogP contribution is -1.96. The van der Waals surface area contributed by atoms with E-state index in [0.29, 0.717) is 0 Å². The quantitative estimate of drug-likeness (QED) is 0.441. The molecule has 0 heterocycles. The maximum Gasteiger partial charge on any atom is -0.0151 e. The first kappa shape index (κ1) is 19.9. The molecular weight excluding hydrogens is 336 g/mol. The molecule has 0 aromatic heterocycles. The molecule has 0 unspecified atom stereocenters. The number of hydrogen-bond donors (Lipinski definition) is 0. The van der Waals surface area contributed by atoms with Crippen LogP contribution in [0.25, 0.3) is 11.1 Å². The van der Waals surface area contributed by atoms with Crippen molar-refractivity contribution < 1.29 is 0 Å². The van der Waals surface area contributed by atoms with Crippen LogP contribution in [0.5, 0.6) is 0 Å². The summed E-state index contributed by atoms with van der Waals surface area (Å²) in [6.07, 6.45) is 4.45. The van der Waals surface area contributed by atoms with E-state index in [1.54, 1.807) is 0 Å². The number of hydrogen-bond acceptors (Lipinski definition) is 0. The lowest BCUT2D eigenvalue weighted by atomic mass is 9.89. The first-order valence-corrected chi connectivity index (χ1v) is 10.0. The van der Waals surface area contributed by atoms with Gasteiger partial charge in [-0.3, -0.25) is 0 Å². The molecule has 0 aliphatic carbocycles. The van der Waals surface area contributed by atoms with Crippen LogP contribution in [0, 0.1) is 27.7 Å². The lowest BCUT2D eigenvalue weighted by Gasteiger charge is -2.16. The maximum absolute atomic E-state index is 2.32. The standard InChI is InChI=1S/C28H30/c1-7-25(27-14-12-19(3)16-21(27)5)23-10-9-11-24(18-23)26(8-2)28-15-13-20(4)17-22(28)6/h7-18H,1-6H3/b25-7-,26-8+. The highest BCUT2D eigenvalue weighted by Crippen LogP contribution is 2.32.